The lowest BCUT2D eigenvalue weighted by atomic mass is 10.1. The molecule has 0 bridgehead atoms. The van der Waals surface area contributed by atoms with Crippen molar-refractivity contribution in [2.75, 3.05) is 11.4 Å². The molecule has 1 unspecified atom stereocenters. The van der Waals surface area contributed by atoms with Crippen LogP contribution in [0.3, 0.4) is 0 Å². The molecule has 1 aromatic rings. The number of rotatable bonds is 2. The van der Waals surface area contributed by atoms with E-state index in [0.717, 1.165) is 12.1 Å². The van der Waals surface area contributed by atoms with E-state index in [-0.39, 0.29) is 29.0 Å². The highest BCUT2D eigenvalue weighted by molar-refractivity contribution is 9.10. The number of primary amides is 1. The normalized spacial score (nSPS) is 19.4. The van der Waals surface area contributed by atoms with Gasteiger partial charge in [-0.3, -0.25) is 9.59 Å². The van der Waals surface area contributed by atoms with E-state index in [1.54, 1.807) is 0 Å². The molecule has 1 atom stereocenters. The molecule has 0 spiro atoms. The van der Waals surface area contributed by atoms with Gasteiger partial charge in [-0.25, -0.2) is 8.78 Å². The number of halogens is 3. The maximum Gasteiger partial charge on any atom is 0.227 e. The zero-order valence-corrected chi connectivity index (χ0v) is 10.7. The number of amides is 2. The van der Waals surface area contributed by atoms with Crippen molar-refractivity contribution in [2.24, 2.45) is 11.7 Å². The average molecular weight is 319 g/mol. The summed E-state index contributed by atoms with van der Waals surface area (Å²) >= 11 is 3.06. The van der Waals surface area contributed by atoms with Crippen LogP contribution in [-0.4, -0.2) is 18.4 Å². The zero-order chi connectivity index (χ0) is 13.4. The number of carbonyl (C=O) groups is 2. The Morgan fingerprint density at radius 2 is 2.00 bits per heavy atom. The number of hydrogen-bond donors (Lipinski definition) is 1. The van der Waals surface area contributed by atoms with Crippen molar-refractivity contribution in [1.82, 2.24) is 0 Å². The Balaban J connectivity index is 2.35. The minimum Gasteiger partial charge on any atom is -0.369 e. The lowest BCUT2D eigenvalue weighted by molar-refractivity contribution is -0.123. The maximum absolute atomic E-state index is 13.2. The quantitative estimate of drug-likeness (QED) is 0.841. The number of carbonyl (C=O) groups excluding carboxylic acids is 2. The first-order valence-corrected chi connectivity index (χ1v) is 5.93. The van der Waals surface area contributed by atoms with Crippen molar-refractivity contribution >= 4 is 33.4 Å². The molecular formula is C11H9BrF2N2O2. The largest absolute Gasteiger partial charge is 0.369 e. The van der Waals surface area contributed by atoms with E-state index in [2.05, 4.69) is 15.9 Å². The Morgan fingerprint density at radius 3 is 2.56 bits per heavy atom. The molecule has 0 saturated carbocycles. The molecule has 2 amide bonds. The van der Waals surface area contributed by atoms with Crippen molar-refractivity contribution in [2.45, 2.75) is 6.42 Å². The predicted molar refractivity (Wildman–Crippen MR) is 63.7 cm³/mol. The summed E-state index contributed by atoms with van der Waals surface area (Å²) in [6, 6.07) is 1.86. The summed E-state index contributed by atoms with van der Waals surface area (Å²) in [7, 11) is 0. The van der Waals surface area contributed by atoms with Gasteiger partial charge in [-0.1, -0.05) is 0 Å². The van der Waals surface area contributed by atoms with E-state index in [1.165, 1.54) is 4.90 Å². The summed E-state index contributed by atoms with van der Waals surface area (Å²) in [4.78, 5) is 24.0. The standard InChI is InChI=1S/C11H9BrF2N2O2/c12-6-2-7(13)8(14)3-9(6)16-4-5(11(15)18)1-10(16)17/h2-3,5H,1,4H2,(H2,15,18). The molecule has 0 aromatic heterocycles. The molecule has 1 saturated heterocycles. The van der Waals surface area contributed by atoms with E-state index >= 15 is 0 Å². The Labute approximate surface area is 110 Å². The number of nitrogens with zero attached hydrogens (tertiary/aromatic N) is 1. The summed E-state index contributed by atoms with van der Waals surface area (Å²) in [5.74, 6) is -3.58. The number of benzene rings is 1. The second kappa shape index (κ2) is 4.64. The average Bonchev–Trinajstić information content (AvgIpc) is 2.66. The Kier molecular flexibility index (Phi) is 3.34. The highest BCUT2D eigenvalue weighted by Gasteiger charge is 2.35. The first-order valence-electron chi connectivity index (χ1n) is 5.14. The molecule has 0 aliphatic carbocycles. The smallest absolute Gasteiger partial charge is 0.227 e. The van der Waals surface area contributed by atoms with Crippen molar-refractivity contribution in [3.63, 3.8) is 0 Å². The van der Waals surface area contributed by atoms with Crippen LogP contribution in [0.4, 0.5) is 14.5 Å². The highest BCUT2D eigenvalue weighted by Crippen LogP contribution is 2.33. The lowest BCUT2D eigenvalue weighted by Crippen LogP contribution is -2.28. The molecule has 96 valence electrons. The van der Waals surface area contributed by atoms with Crippen LogP contribution in [-0.2, 0) is 9.59 Å². The summed E-state index contributed by atoms with van der Waals surface area (Å²) in [6.07, 6.45) is -0.0131. The minimum absolute atomic E-state index is 0.0131. The fourth-order valence-corrected chi connectivity index (χ4v) is 2.38. The first kappa shape index (κ1) is 12.9. The molecule has 7 heteroatoms. The van der Waals surface area contributed by atoms with Crippen LogP contribution in [0.15, 0.2) is 16.6 Å². The van der Waals surface area contributed by atoms with E-state index in [9.17, 15) is 18.4 Å². The minimum atomic E-state index is -1.05. The van der Waals surface area contributed by atoms with Gasteiger partial charge in [0.2, 0.25) is 11.8 Å². The third kappa shape index (κ3) is 2.22. The van der Waals surface area contributed by atoms with Gasteiger partial charge in [0.05, 0.1) is 11.6 Å². The van der Waals surface area contributed by atoms with Gasteiger partial charge in [0, 0.05) is 23.5 Å². The zero-order valence-electron chi connectivity index (χ0n) is 9.12. The summed E-state index contributed by atoms with van der Waals surface area (Å²) in [5, 5.41) is 0. The number of hydrogen-bond acceptors (Lipinski definition) is 2. The number of anilines is 1. The van der Waals surface area contributed by atoms with Crippen LogP contribution in [0.2, 0.25) is 0 Å². The van der Waals surface area contributed by atoms with Crippen molar-refractivity contribution < 1.29 is 18.4 Å². The van der Waals surface area contributed by atoms with Crippen molar-refractivity contribution in [3.8, 4) is 0 Å². The Morgan fingerprint density at radius 1 is 1.39 bits per heavy atom. The third-order valence-electron chi connectivity index (χ3n) is 2.81. The fraction of sp³-hybridized carbons (Fsp3) is 0.273. The van der Waals surface area contributed by atoms with Gasteiger partial charge in [0.1, 0.15) is 0 Å². The van der Waals surface area contributed by atoms with Crippen LogP contribution in [0.5, 0.6) is 0 Å². The van der Waals surface area contributed by atoms with Crippen LogP contribution in [0.1, 0.15) is 6.42 Å². The van der Waals surface area contributed by atoms with Crippen molar-refractivity contribution in [3.05, 3.63) is 28.2 Å². The van der Waals surface area contributed by atoms with Gasteiger partial charge in [-0.15, -0.1) is 0 Å². The molecule has 2 rings (SSSR count). The SMILES string of the molecule is NC(=O)C1CC(=O)N(c2cc(F)c(F)cc2Br)C1. The molecule has 1 aliphatic heterocycles. The Hall–Kier alpha value is -1.50. The lowest BCUT2D eigenvalue weighted by Gasteiger charge is -2.18. The summed E-state index contributed by atoms with van der Waals surface area (Å²) in [6.45, 7) is 0.0812. The number of nitrogens with two attached hydrogens (primary N) is 1. The van der Waals surface area contributed by atoms with Crippen molar-refractivity contribution in [1.29, 1.82) is 0 Å². The highest BCUT2D eigenvalue weighted by atomic mass is 79.9. The van der Waals surface area contributed by atoms with Gasteiger partial charge in [-0.05, 0) is 22.0 Å². The predicted octanol–water partition coefficient (Wildman–Crippen LogP) is 1.57. The van der Waals surface area contributed by atoms with Crippen LogP contribution >= 0.6 is 15.9 Å². The van der Waals surface area contributed by atoms with E-state index in [0.29, 0.717) is 0 Å². The van der Waals surface area contributed by atoms with Crippen LogP contribution in [0.25, 0.3) is 0 Å². The summed E-state index contributed by atoms with van der Waals surface area (Å²) < 4.78 is 26.4. The molecule has 0 radical (unpaired) electrons. The molecule has 1 aliphatic rings. The van der Waals surface area contributed by atoms with Gasteiger partial charge in [-0.2, -0.15) is 0 Å². The van der Waals surface area contributed by atoms with Crippen LogP contribution in [0, 0.1) is 17.6 Å². The second-order valence-electron chi connectivity index (χ2n) is 4.03. The molecule has 1 fully saturated rings. The monoisotopic (exact) mass is 318 g/mol. The van der Waals surface area contributed by atoms with Gasteiger partial charge >= 0.3 is 0 Å². The maximum atomic E-state index is 13.2. The van der Waals surface area contributed by atoms with Crippen LogP contribution < -0.4 is 10.6 Å². The van der Waals surface area contributed by atoms with E-state index < -0.39 is 23.5 Å². The molecular weight excluding hydrogens is 310 g/mol. The fourth-order valence-electron chi connectivity index (χ4n) is 1.85. The van der Waals surface area contributed by atoms with Gasteiger partial charge in [0.25, 0.3) is 0 Å². The van der Waals surface area contributed by atoms with E-state index in [4.69, 9.17) is 5.73 Å². The third-order valence-corrected chi connectivity index (χ3v) is 3.44. The van der Waals surface area contributed by atoms with E-state index in [1.807, 2.05) is 0 Å². The molecule has 1 aromatic carbocycles. The summed E-state index contributed by atoms with van der Waals surface area (Å²) in [5.41, 5.74) is 5.33. The molecule has 2 N–H and O–H groups in total. The molecule has 1 heterocycles. The van der Waals surface area contributed by atoms with Gasteiger partial charge in [0.15, 0.2) is 11.6 Å². The second-order valence-corrected chi connectivity index (χ2v) is 4.88. The first-order chi connectivity index (χ1) is 8.40. The molecule has 18 heavy (non-hydrogen) atoms. The molecule has 4 nitrogen and oxygen atoms in total. The Bertz CT molecular complexity index is 536. The van der Waals surface area contributed by atoms with Gasteiger partial charge < -0.3 is 10.6 Å². The topological polar surface area (TPSA) is 63.4 Å².